The second-order valence-electron chi connectivity index (χ2n) is 8.34. The third-order valence-electron chi connectivity index (χ3n) is 3.50. The number of rotatable bonds is 10. The minimum atomic E-state index is -2.05. The molecule has 0 fully saturated rings. The van der Waals surface area contributed by atoms with Crippen LogP contribution >= 0.6 is 23.2 Å². The van der Waals surface area contributed by atoms with Crippen LogP contribution in [0.25, 0.3) is 0 Å². The van der Waals surface area contributed by atoms with E-state index < -0.39 is 44.4 Å². The van der Waals surface area contributed by atoms with Crippen LogP contribution in [0.15, 0.2) is 24.3 Å². The number of amides is 1. The molecule has 1 rings (SSSR count). The monoisotopic (exact) mass is 466 g/mol. The fraction of sp³-hybridized carbons (Fsp3) is 0.588. The van der Waals surface area contributed by atoms with Gasteiger partial charge in [-0.15, -0.1) is 0 Å². The average molecular weight is 467 g/mol. The summed E-state index contributed by atoms with van der Waals surface area (Å²) in [7, 11) is -3.93. The lowest BCUT2D eigenvalue weighted by Gasteiger charge is -2.35. The molecule has 0 saturated heterocycles. The van der Waals surface area contributed by atoms with Crippen LogP contribution in [0.2, 0.25) is 39.3 Å². The van der Waals surface area contributed by atoms with E-state index in [9.17, 15) is 14.9 Å². The first-order valence-electron chi connectivity index (χ1n) is 8.84. The van der Waals surface area contributed by atoms with Gasteiger partial charge in [-0.1, -0.05) is 23.2 Å². The Labute approximate surface area is 178 Å². The zero-order chi connectivity index (χ0) is 21.7. The summed E-state index contributed by atoms with van der Waals surface area (Å²) in [5.74, 6) is -0.543. The lowest BCUT2D eigenvalue weighted by molar-refractivity contribution is -0.384. The van der Waals surface area contributed by atoms with Crippen molar-refractivity contribution in [3.8, 4) is 0 Å². The fourth-order valence-electron chi connectivity index (χ4n) is 2.34. The van der Waals surface area contributed by atoms with E-state index in [1.165, 1.54) is 12.1 Å². The average Bonchev–Trinajstić information content (AvgIpc) is 2.54. The van der Waals surface area contributed by atoms with Crippen molar-refractivity contribution < 1.29 is 18.6 Å². The second-order valence-corrected chi connectivity index (χ2v) is 18.4. The van der Waals surface area contributed by atoms with Crippen LogP contribution in [0.3, 0.4) is 0 Å². The van der Waals surface area contributed by atoms with Crippen molar-refractivity contribution in [1.82, 2.24) is 5.32 Å². The Balaban J connectivity index is 3.27. The highest BCUT2D eigenvalue weighted by Crippen LogP contribution is 2.28. The number of nitro benzene ring substituents is 1. The molecule has 158 valence electrons. The van der Waals surface area contributed by atoms with E-state index in [1.807, 2.05) is 39.3 Å². The van der Waals surface area contributed by atoms with Gasteiger partial charge in [-0.3, -0.25) is 14.9 Å². The number of halogens is 2. The van der Waals surface area contributed by atoms with Gasteiger partial charge in [0.05, 0.1) is 23.7 Å². The molecule has 0 radical (unpaired) electrons. The fourth-order valence-corrected chi connectivity index (χ4v) is 4.21. The molecule has 2 unspecified atom stereocenters. The molecule has 0 heterocycles. The summed E-state index contributed by atoms with van der Waals surface area (Å²) in [4.78, 5) is 21.4. The number of hydrogen-bond donors (Lipinski definition) is 1. The van der Waals surface area contributed by atoms with Gasteiger partial charge in [0, 0.05) is 12.1 Å². The van der Waals surface area contributed by atoms with Gasteiger partial charge < -0.3 is 14.2 Å². The normalized spacial score (nSPS) is 14.6. The molecule has 0 spiro atoms. The van der Waals surface area contributed by atoms with Crippen LogP contribution in [0.5, 0.6) is 0 Å². The van der Waals surface area contributed by atoms with E-state index in [4.69, 9.17) is 32.1 Å². The topological polar surface area (TPSA) is 90.7 Å². The second kappa shape index (κ2) is 10.2. The van der Waals surface area contributed by atoms with Gasteiger partial charge in [-0.25, -0.2) is 0 Å². The molecule has 1 aromatic carbocycles. The molecular formula is C17H28Cl2N2O5Si2. The number of carbonyl (C=O) groups is 1. The molecule has 0 aliphatic heterocycles. The van der Waals surface area contributed by atoms with E-state index in [0.717, 1.165) is 0 Å². The highest BCUT2D eigenvalue weighted by molar-refractivity contribution is 6.70. The Morgan fingerprint density at radius 2 is 1.64 bits per heavy atom. The number of hydrogen-bond acceptors (Lipinski definition) is 5. The first kappa shape index (κ1) is 25.1. The maximum atomic E-state index is 12.2. The molecule has 0 saturated carbocycles. The molecule has 1 aromatic rings. The number of carbonyl (C=O) groups excluding carboxylic acids is 1. The molecule has 1 N–H and O–H groups in total. The summed E-state index contributed by atoms with van der Waals surface area (Å²) in [6.45, 7) is 12.4. The van der Waals surface area contributed by atoms with Crippen molar-refractivity contribution in [1.29, 1.82) is 0 Å². The lowest BCUT2D eigenvalue weighted by atomic mass is 10.0. The molecular weight excluding hydrogens is 439 g/mol. The highest BCUT2D eigenvalue weighted by Gasteiger charge is 2.33. The zero-order valence-electron chi connectivity index (χ0n) is 17.0. The van der Waals surface area contributed by atoms with Crippen molar-refractivity contribution in [3.63, 3.8) is 0 Å². The Morgan fingerprint density at radius 1 is 1.11 bits per heavy atom. The van der Waals surface area contributed by atoms with Crippen LogP contribution in [0.4, 0.5) is 5.69 Å². The Morgan fingerprint density at radius 3 is 2.04 bits per heavy atom. The number of nitrogens with one attached hydrogen (secondary N) is 1. The zero-order valence-corrected chi connectivity index (χ0v) is 20.5. The van der Waals surface area contributed by atoms with E-state index in [0.29, 0.717) is 5.56 Å². The van der Waals surface area contributed by atoms with Gasteiger partial charge in [0.25, 0.3) is 11.6 Å². The number of nitro groups is 1. The standard InChI is InChI=1S/C17H28Cl2N2O5Si2/c1-27(2,3)25-11-14(20-17(22)16(18)19)15(26-28(4,5)6)12-7-9-13(10-8-12)21(23)24/h7-10,14-16H,11H2,1-6H3,(H,20,22). The summed E-state index contributed by atoms with van der Waals surface area (Å²) in [5.41, 5.74) is 0.689. The first-order chi connectivity index (χ1) is 12.7. The summed E-state index contributed by atoms with van der Waals surface area (Å²) >= 11 is 11.4. The van der Waals surface area contributed by atoms with E-state index >= 15 is 0 Å². The predicted molar refractivity (Wildman–Crippen MR) is 117 cm³/mol. The van der Waals surface area contributed by atoms with Crippen LogP contribution < -0.4 is 5.32 Å². The number of alkyl halides is 2. The van der Waals surface area contributed by atoms with Gasteiger partial charge in [0.15, 0.2) is 21.5 Å². The molecule has 1 amide bonds. The molecule has 0 aliphatic rings. The quantitative estimate of drug-likeness (QED) is 0.235. The largest absolute Gasteiger partial charge is 0.415 e. The smallest absolute Gasteiger partial charge is 0.269 e. The first-order valence-corrected chi connectivity index (χ1v) is 16.5. The van der Waals surface area contributed by atoms with Crippen LogP contribution in [-0.2, 0) is 13.6 Å². The van der Waals surface area contributed by atoms with E-state index in [2.05, 4.69) is 5.32 Å². The van der Waals surface area contributed by atoms with Gasteiger partial charge in [0.1, 0.15) is 0 Å². The summed E-state index contributed by atoms with van der Waals surface area (Å²) in [6, 6.07) is 5.55. The maximum Gasteiger partial charge on any atom is 0.269 e. The van der Waals surface area contributed by atoms with Crippen molar-refractivity contribution in [2.75, 3.05) is 6.61 Å². The van der Waals surface area contributed by atoms with Gasteiger partial charge in [-0.05, 0) is 57.0 Å². The SMILES string of the molecule is C[Si](C)(C)OCC(NC(=O)C(Cl)Cl)C(O[Si](C)(C)C)c1ccc([N+](=O)[O-])cc1. The Kier molecular flexibility index (Phi) is 9.10. The molecule has 28 heavy (non-hydrogen) atoms. The van der Waals surface area contributed by atoms with Crippen LogP contribution in [0, 0.1) is 10.1 Å². The van der Waals surface area contributed by atoms with Crippen molar-refractivity contribution in [3.05, 3.63) is 39.9 Å². The van der Waals surface area contributed by atoms with Gasteiger partial charge >= 0.3 is 0 Å². The molecule has 0 bridgehead atoms. The highest BCUT2D eigenvalue weighted by atomic mass is 35.5. The lowest BCUT2D eigenvalue weighted by Crippen LogP contribution is -2.49. The molecule has 0 aromatic heterocycles. The van der Waals surface area contributed by atoms with Gasteiger partial charge in [0.2, 0.25) is 0 Å². The Bertz CT molecular complexity index is 676. The molecule has 7 nitrogen and oxygen atoms in total. The maximum absolute atomic E-state index is 12.2. The van der Waals surface area contributed by atoms with Gasteiger partial charge in [-0.2, -0.15) is 0 Å². The number of nitrogens with zero attached hydrogens (tertiary/aromatic N) is 1. The predicted octanol–water partition coefficient (Wildman–Crippen LogP) is 4.63. The van der Waals surface area contributed by atoms with E-state index in [1.54, 1.807) is 12.1 Å². The third-order valence-corrected chi connectivity index (χ3v) is 5.89. The summed E-state index contributed by atoms with van der Waals surface area (Å²) in [5, 5.41) is 13.8. The van der Waals surface area contributed by atoms with Crippen LogP contribution in [-0.4, -0.2) is 45.0 Å². The third kappa shape index (κ3) is 9.02. The van der Waals surface area contributed by atoms with E-state index in [-0.39, 0.29) is 12.3 Å². The molecule has 0 aliphatic carbocycles. The number of benzene rings is 1. The van der Waals surface area contributed by atoms with Crippen molar-refractivity contribution >= 4 is 51.4 Å². The minimum absolute atomic E-state index is 0.0176. The Hall–Kier alpha value is -0.976. The van der Waals surface area contributed by atoms with Crippen molar-refractivity contribution in [2.45, 2.75) is 56.3 Å². The molecule has 11 heteroatoms. The summed E-state index contributed by atoms with van der Waals surface area (Å²) in [6.07, 6.45) is -0.556. The minimum Gasteiger partial charge on any atom is -0.415 e. The number of non-ortho nitro benzene ring substituents is 1. The summed E-state index contributed by atoms with van der Waals surface area (Å²) < 4.78 is 12.4. The van der Waals surface area contributed by atoms with Crippen molar-refractivity contribution in [2.24, 2.45) is 0 Å². The molecule has 2 atom stereocenters. The van der Waals surface area contributed by atoms with Crippen LogP contribution in [0.1, 0.15) is 11.7 Å².